The third-order valence-electron chi connectivity index (χ3n) is 6.60. The van der Waals surface area contributed by atoms with Crippen molar-refractivity contribution in [2.24, 2.45) is 5.92 Å². The molecule has 3 N–H and O–H groups in total. The van der Waals surface area contributed by atoms with Crippen LogP contribution in [0.4, 0.5) is 20.8 Å². The van der Waals surface area contributed by atoms with Gasteiger partial charge in [0.05, 0.1) is 18.9 Å². The number of amides is 2. The molecule has 2 amide bonds. The van der Waals surface area contributed by atoms with Gasteiger partial charge >= 0.3 is 6.09 Å². The van der Waals surface area contributed by atoms with Crippen LogP contribution in [-0.2, 0) is 22.4 Å². The zero-order valence-electron chi connectivity index (χ0n) is 21.3. The minimum atomic E-state index is -0.948. The molecule has 3 atom stereocenters. The van der Waals surface area contributed by atoms with Crippen LogP contribution in [0.2, 0.25) is 0 Å². The molecule has 2 aromatic heterocycles. The van der Waals surface area contributed by atoms with E-state index in [4.69, 9.17) is 9.47 Å². The standard InChI is InChI=1S/C21H23FN6O5.C4H10.2H2/c1-10-12-2-11(3-13(12)14(22)5-24-10)4-23-6-15(29)16-8-28(21(31)33-16)17-7-25-20-19(26-17)27-18(30)9-32-20;1-3-4-2;;/h5,7,11,15-16,23,29H,2-4,6,8-9H2,1H3,(H,26,27,30);3-4H2,1-2H3;2*1H/t11?,15-,16?;;;/m1.../s1. The van der Waals surface area contributed by atoms with Crippen LogP contribution in [0, 0.1) is 18.7 Å². The molecule has 2 unspecified atom stereocenters. The van der Waals surface area contributed by atoms with Gasteiger partial charge in [0, 0.05) is 15.1 Å². The van der Waals surface area contributed by atoms with Crippen LogP contribution in [0.1, 0.15) is 46.4 Å². The molecule has 1 fully saturated rings. The van der Waals surface area contributed by atoms with E-state index in [1.807, 2.05) is 6.92 Å². The summed E-state index contributed by atoms with van der Waals surface area (Å²) in [6.45, 7) is 6.97. The molecule has 5 rings (SSSR count). The Morgan fingerprint density at radius 2 is 2.00 bits per heavy atom. The second-order valence-corrected chi connectivity index (χ2v) is 9.40. The average molecular weight is 521 g/mol. The summed E-state index contributed by atoms with van der Waals surface area (Å²) < 4.78 is 24.5. The van der Waals surface area contributed by atoms with Gasteiger partial charge in [0.2, 0.25) is 0 Å². The van der Waals surface area contributed by atoms with Crippen molar-refractivity contribution in [1.82, 2.24) is 20.3 Å². The van der Waals surface area contributed by atoms with Gasteiger partial charge in [-0.1, -0.05) is 26.7 Å². The molecule has 37 heavy (non-hydrogen) atoms. The molecule has 0 spiro atoms. The number of carbonyl (C=O) groups excluding carboxylic acids is 2. The molecule has 1 saturated heterocycles. The molecule has 12 heteroatoms. The largest absolute Gasteiger partial charge is 0.465 e. The lowest BCUT2D eigenvalue weighted by atomic mass is 10.1. The third kappa shape index (κ3) is 6.13. The number of anilines is 2. The maximum Gasteiger partial charge on any atom is 0.416 e. The fourth-order valence-corrected chi connectivity index (χ4v) is 4.38. The number of aliphatic hydroxyl groups excluding tert-OH is 1. The molecule has 4 heterocycles. The van der Waals surface area contributed by atoms with E-state index in [-0.39, 0.29) is 57.7 Å². The number of rotatable bonds is 7. The Bertz CT molecular complexity index is 1130. The van der Waals surface area contributed by atoms with Crippen molar-refractivity contribution in [3.63, 3.8) is 0 Å². The Balaban J connectivity index is 0.000000834. The van der Waals surface area contributed by atoms with Gasteiger partial charge in [-0.2, -0.15) is 0 Å². The van der Waals surface area contributed by atoms with Crippen molar-refractivity contribution in [3.05, 3.63) is 35.0 Å². The van der Waals surface area contributed by atoms with Crippen LogP contribution in [0.15, 0.2) is 12.4 Å². The highest BCUT2D eigenvalue weighted by Gasteiger charge is 2.38. The highest BCUT2D eigenvalue weighted by Crippen LogP contribution is 2.30. The molecular formula is C25H37FN6O5. The molecule has 204 valence electrons. The normalized spacial score (nSPS) is 20.7. The number of hydrogen-bond acceptors (Lipinski definition) is 9. The van der Waals surface area contributed by atoms with Crippen LogP contribution >= 0.6 is 0 Å². The molecule has 0 saturated carbocycles. The van der Waals surface area contributed by atoms with Crippen molar-refractivity contribution < 1.29 is 31.4 Å². The SMILES string of the molecule is CCCC.Cc1ncc(F)c2c1CC(CNC[C@@H](O)C1CN(c3cnc4c(n3)NC(=O)CO4)C(=O)O1)C2.[HH].[HH]. The Morgan fingerprint density at radius 3 is 2.73 bits per heavy atom. The maximum absolute atomic E-state index is 14.0. The van der Waals surface area contributed by atoms with E-state index in [9.17, 15) is 19.1 Å². The second kappa shape index (κ2) is 11.8. The van der Waals surface area contributed by atoms with Gasteiger partial charge in [-0.3, -0.25) is 14.7 Å². The van der Waals surface area contributed by atoms with Gasteiger partial charge in [0.1, 0.15) is 18.0 Å². The lowest BCUT2D eigenvalue weighted by Crippen LogP contribution is -2.40. The minimum Gasteiger partial charge on any atom is -0.465 e. The highest BCUT2D eigenvalue weighted by molar-refractivity contribution is 5.94. The predicted molar refractivity (Wildman–Crippen MR) is 137 cm³/mol. The summed E-state index contributed by atoms with van der Waals surface area (Å²) in [6.07, 6.45) is 4.23. The Hall–Kier alpha value is -3.38. The predicted octanol–water partition coefficient (Wildman–Crippen LogP) is 2.64. The zero-order chi connectivity index (χ0) is 26.5. The topological polar surface area (TPSA) is 139 Å². The molecule has 0 radical (unpaired) electrons. The first kappa shape index (κ1) is 26.7. The van der Waals surface area contributed by atoms with Gasteiger partial charge in [-0.05, 0) is 43.4 Å². The fourth-order valence-electron chi connectivity index (χ4n) is 4.38. The maximum atomic E-state index is 14.0. The lowest BCUT2D eigenvalue weighted by molar-refractivity contribution is -0.118. The number of pyridine rings is 1. The van der Waals surface area contributed by atoms with E-state index in [0.29, 0.717) is 13.0 Å². The lowest BCUT2D eigenvalue weighted by Gasteiger charge is -2.19. The van der Waals surface area contributed by atoms with Crippen molar-refractivity contribution in [2.45, 2.75) is 58.7 Å². The van der Waals surface area contributed by atoms with Gasteiger partial charge in [0.15, 0.2) is 18.2 Å². The summed E-state index contributed by atoms with van der Waals surface area (Å²) in [5, 5.41) is 16.3. The van der Waals surface area contributed by atoms with Crippen molar-refractivity contribution in [2.75, 3.05) is 36.5 Å². The Labute approximate surface area is 217 Å². The van der Waals surface area contributed by atoms with Gasteiger partial charge in [-0.25, -0.2) is 19.2 Å². The summed E-state index contributed by atoms with van der Waals surface area (Å²) in [5.41, 5.74) is 2.54. The number of halogens is 1. The van der Waals surface area contributed by atoms with E-state index in [2.05, 4.69) is 39.4 Å². The molecule has 0 bridgehead atoms. The third-order valence-corrected chi connectivity index (χ3v) is 6.60. The second-order valence-electron chi connectivity index (χ2n) is 9.40. The fraction of sp³-hybridized carbons (Fsp3) is 0.560. The first-order chi connectivity index (χ1) is 17.8. The summed E-state index contributed by atoms with van der Waals surface area (Å²) in [7, 11) is 0. The molecule has 2 aliphatic heterocycles. The van der Waals surface area contributed by atoms with Crippen LogP contribution in [-0.4, -0.2) is 70.5 Å². The van der Waals surface area contributed by atoms with Gasteiger partial charge in [-0.15, -0.1) is 0 Å². The quantitative estimate of drug-likeness (QED) is 0.503. The number of cyclic esters (lactones) is 1. The van der Waals surface area contributed by atoms with Gasteiger partial charge in [0.25, 0.3) is 11.8 Å². The number of aliphatic hydroxyl groups is 1. The molecule has 11 nitrogen and oxygen atoms in total. The monoisotopic (exact) mass is 520 g/mol. The molecular weight excluding hydrogens is 483 g/mol. The van der Waals surface area contributed by atoms with E-state index in [1.165, 1.54) is 30.1 Å². The van der Waals surface area contributed by atoms with Crippen LogP contribution < -0.4 is 20.3 Å². The number of hydrogen-bond donors (Lipinski definition) is 3. The number of ether oxygens (including phenoxy) is 2. The number of carbonyl (C=O) groups is 2. The molecule has 1 aliphatic carbocycles. The average Bonchev–Trinajstić information content (AvgIpc) is 3.50. The number of nitrogens with zero attached hydrogens (tertiary/aromatic N) is 4. The smallest absolute Gasteiger partial charge is 0.416 e. The van der Waals surface area contributed by atoms with Gasteiger partial charge < -0.3 is 25.2 Å². The number of nitrogens with one attached hydrogen (secondary N) is 2. The van der Waals surface area contributed by atoms with Crippen LogP contribution in [0.25, 0.3) is 0 Å². The highest BCUT2D eigenvalue weighted by atomic mass is 19.1. The Morgan fingerprint density at radius 1 is 1.24 bits per heavy atom. The van der Waals surface area contributed by atoms with E-state index < -0.39 is 18.3 Å². The Kier molecular flexibility index (Phi) is 8.49. The molecule has 2 aromatic rings. The first-order valence-electron chi connectivity index (χ1n) is 12.6. The molecule has 3 aliphatic rings. The number of unbranched alkanes of at least 4 members (excludes halogenated alkanes) is 1. The summed E-state index contributed by atoms with van der Waals surface area (Å²) in [6, 6.07) is 0. The van der Waals surface area contributed by atoms with Crippen molar-refractivity contribution >= 4 is 23.6 Å². The van der Waals surface area contributed by atoms with Crippen molar-refractivity contribution in [3.8, 4) is 5.88 Å². The summed E-state index contributed by atoms with van der Waals surface area (Å²) in [5.74, 6) is 0.0509. The summed E-state index contributed by atoms with van der Waals surface area (Å²) in [4.78, 5) is 37.4. The van der Waals surface area contributed by atoms with E-state index in [1.54, 1.807) is 0 Å². The van der Waals surface area contributed by atoms with Crippen LogP contribution in [0.3, 0.4) is 0 Å². The summed E-state index contributed by atoms with van der Waals surface area (Å²) >= 11 is 0. The zero-order valence-corrected chi connectivity index (χ0v) is 21.3. The van der Waals surface area contributed by atoms with E-state index in [0.717, 1.165) is 23.2 Å². The number of fused-ring (bicyclic) bond motifs is 2. The first-order valence-corrected chi connectivity index (χ1v) is 12.6. The number of aromatic nitrogens is 3. The van der Waals surface area contributed by atoms with E-state index >= 15 is 0 Å². The number of aryl methyl sites for hydroxylation is 1. The van der Waals surface area contributed by atoms with Crippen molar-refractivity contribution in [1.29, 1.82) is 0 Å². The minimum absolute atomic E-state index is 0. The molecule has 0 aromatic carbocycles. The van der Waals surface area contributed by atoms with Crippen LogP contribution in [0.5, 0.6) is 5.88 Å².